The number of hydrogen-bond acceptors (Lipinski definition) is 5. The van der Waals surface area contributed by atoms with Gasteiger partial charge in [-0.25, -0.2) is 10.2 Å². The maximum atomic E-state index is 11.7. The van der Waals surface area contributed by atoms with Crippen LogP contribution in [0.1, 0.15) is 0 Å². The summed E-state index contributed by atoms with van der Waals surface area (Å²) in [4.78, 5) is 19.7. The zero-order valence-electron chi connectivity index (χ0n) is 9.64. The van der Waals surface area contributed by atoms with Crippen molar-refractivity contribution < 1.29 is 0 Å². The first-order valence-electron chi connectivity index (χ1n) is 5.15. The van der Waals surface area contributed by atoms with Crippen LogP contribution in [0.15, 0.2) is 35.1 Å². The van der Waals surface area contributed by atoms with Gasteiger partial charge in [-0.15, -0.1) is 0 Å². The Kier molecular flexibility index (Phi) is 3.15. The van der Waals surface area contributed by atoms with Gasteiger partial charge in [0, 0.05) is 19.7 Å². The van der Waals surface area contributed by atoms with Gasteiger partial charge in [0.05, 0.1) is 0 Å². The molecule has 2 aromatic rings. The van der Waals surface area contributed by atoms with Crippen LogP contribution in [0.25, 0.3) is 11.4 Å². The molecule has 0 radical (unpaired) electrons. The van der Waals surface area contributed by atoms with Crippen molar-refractivity contribution in [2.75, 3.05) is 12.5 Å². The number of nitrogens with one attached hydrogen (secondary N) is 2. The molecule has 88 valence electrons. The predicted octanol–water partition coefficient (Wildman–Crippen LogP) is 0.389. The second kappa shape index (κ2) is 4.75. The second-order valence-corrected chi connectivity index (χ2v) is 3.45. The average Bonchev–Trinajstić information content (AvgIpc) is 2.35. The van der Waals surface area contributed by atoms with Crippen LogP contribution in [0.5, 0.6) is 0 Å². The van der Waals surface area contributed by atoms with Crippen LogP contribution in [-0.4, -0.2) is 21.6 Å². The number of aromatic nitrogens is 3. The molecular formula is C11H13N5O. The highest BCUT2D eigenvalue weighted by Crippen LogP contribution is 2.14. The number of benzene rings is 1. The Morgan fingerprint density at radius 3 is 2.53 bits per heavy atom. The van der Waals surface area contributed by atoms with E-state index in [1.54, 1.807) is 14.1 Å². The lowest BCUT2D eigenvalue weighted by molar-refractivity contribution is 0.775. The molecule has 0 atom stereocenters. The zero-order chi connectivity index (χ0) is 12.3. The molecule has 0 aliphatic carbocycles. The molecule has 0 aliphatic heterocycles. The topological polar surface area (TPSA) is 71.8 Å². The summed E-state index contributed by atoms with van der Waals surface area (Å²) in [5.74, 6) is 0.831. The van der Waals surface area contributed by atoms with Crippen LogP contribution in [-0.2, 0) is 7.05 Å². The van der Waals surface area contributed by atoms with Crippen molar-refractivity contribution in [2.24, 2.45) is 7.05 Å². The number of hydrazine groups is 1. The maximum Gasteiger partial charge on any atom is 0.352 e. The van der Waals surface area contributed by atoms with E-state index in [2.05, 4.69) is 20.8 Å². The Bertz CT molecular complexity index is 564. The molecule has 0 unspecified atom stereocenters. The summed E-state index contributed by atoms with van der Waals surface area (Å²) in [7, 11) is 3.33. The van der Waals surface area contributed by atoms with Gasteiger partial charge in [0.15, 0.2) is 0 Å². The minimum atomic E-state index is -0.350. The van der Waals surface area contributed by atoms with Crippen LogP contribution >= 0.6 is 0 Å². The second-order valence-electron chi connectivity index (χ2n) is 3.45. The van der Waals surface area contributed by atoms with Gasteiger partial charge in [0.1, 0.15) is 5.82 Å². The van der Waals surface area contributed by atoms with Crippen molar-refractivity contribution in [3.63, 3.8) is 0 Å². The average molecular weight is 231 g/mol. The molecule has 0 amide bonds. The largest absolute Gasteiger partial charge is 0.352 e. The molecule has 0 spiro atoms. The molecule has 0 aliphatic rings. The van der Waals surface area contributed by atoms with Crippen molar-refractivity contribution in [2.45, 2.75) is 0 Å². The molecule has 2 N–H and O–H groups in total. The fraction of sp³-hybridized carbons (Fsp3) is 0.182. The lowest BCUT2D eigenvalue weighted by Gasteiger charge is -2.08. The smallest absolute Gasteiger partial charge is 0.290 e. The van der Waals surface area contributed by atoms with Crippen LogP contribution < -0.4 is 16.5 Å². The first-order valence-corrected chi connectivity index (χ1v) is 5.15. The Hall–Kier alpha value is -2.21. The molecule has 6 heteroatoms. The standard InChI is InChI=1S/C11H13N5O/c1-12-15-10-13-9(16(2)11(17)14-10)8-6-4-3-5-7-8/h3-7,12H,1-2H3,(H,14,15,17). The fourth-order valence-corrected chi connectivity index (χ4v) is 1.47. The van der Waals surface area contributed by atoms with Crippen molar-refractivity contribution in [1.82, 2.24) is 20.0 Å². The zero-order valence-corrected chi connectivity index (χ0v) is 9.64. The summed E-state index contributed by atoms with van der Waals surface area (Å²) in [6.45, 7) is 0. The normalized spacial score (nSPS) is 10.2. The van der Waals surface area contributed by atoms with Gasteiger partial charge in [-0.1, -0.05) is 30.3 Å². The number of rotatable bonds is 3. The van der Waals surface area contributed by atoms with Gasteiger partial charge in [0.2, 0.25) is 5.95 Å². The van der Waals surface area contributed by atoms with E-state index in [9.17, 15) is 4.79 Å². The third kappa shape index (κ3) is 2.31. The van der Waals surface area contributed by atoms with Gasteiger partial charge >= 0.3 is 5.69 Å². The lowest BCUT2D eigenvalue weighted by Crippen LogP contribution is -2.27. The van der Waals surface area contributed by atoms with Crippen LogP contribution in [0.3, 0.4) is 0 Å². The summed E-state index contributed by atoms with van der Waals surface area (Å²) in [6, 6.07) is 9.49. The van der Waals surface area contributed by atoms with E-state index in [1.165, 1.54) is 4.57 Å². The van der Waals surface area contributed by atoms with E-state index in [4.69, 9.17) is 0 Å². The third-order valence-electron chi connectivity index (χ3n) is 2.29. The van der Waals surface area contributed by atoms with Gasteiger partial charge in [0.25, 0.3) is 0 Å². The fourth-order valence-electron chi connectivity index (χ4n) is 1.47. The van der Waals surface area contributed by atoms with Crippen molar-refractivity contribution in [1.29, 1.82) is 0 Å². The summed E-state index contributed by atoms with van der Waals surface area (Å²) < 4.78 is 1.41. The molecule has 0 saturated heterocycles. The number of nitrogens with zero attached hydrogens (tertiary/aromatic N) is 3. The number of anilines is 1. The van der Waals surface area contributed by atoms with Crippen LogP contribution in [0.4, 0.5) is 5.95 Å². The number of hydrogen-bond donors (Lipinski definition) is 2. The van der Waals surface area contributed by atoms with Crippen LogP contribution in [0.2, 0.25) is 0 Å². The summed E-state index contributed by atoms with van der Waals surface area (Å²) in [5.41, 5.74) is 5.91. The Morgan fingerprint density at radius 2 is 1.88 bits per heavy atom. The highest BCUT2D eigenvalue weighted by Gasteiger charge is 2.08. The maximum absolute atomic E-state index is 11.7. The van der Waals surface area contributed by atoms with E-state index in [1.807, 2.05) is 30.3 Å². The molecule has 1 heterocycles. The minimum Gasteiger partial charge on any atom is -0.290 e. The quantitative estimate of drug-likeness (QED) is 0.748. The van der Waals surface area contributed by atoms with Gasteiger partial charge in [-0.3, -0.25) is 9.99 Å². The molecular weight excluding hydrogens is 218 g/mol. The third-order valence-corrected chi connectivity index (χ3v) is 2.29. The molecule has 0 saturated carbocycles. The monoisotopic (exact) mass is 231 g/mol. The van der Waals surface area contributed by atoms with E-state index in [-0.39, 0.29) is 11.6 Å². The Balaban J connectivity index is 2.57. The first-order chi connectivity index (χ1) is 8.22. The molecule has 6 nitrogen and oxygen atoms in total. The summed E-state index contributed by atoms with van der Waals surface area (Å²) in [6.07, 6.45) is 0. The van der Waals surface area contributed by atoms with Gasteiger partial charge in [-0.05, 0) is 0 Å². The van der Waals surface area contributed by atoms with E-state index >= 15 is 0 Å². The molecule has 1 aromatic carbocycles. The van der Waals surface area contributed by atoms with Crippen molar-refractivity contribution in [3.8, 4) is 11.4 Å². The van der Waals surface area contributed by atoms with Crippen molar-refractivity contribution >= 4 is 5.95 Å². The SMILES string of the molecule is CNNc1nc(-c2ccccc2)n(C)c(=O)n1. The molecule has 0 fully saturated rings. The summed E-state index contributed by atoms with van der Waals surface area (Å²) in [5, 5.41) is 0. The minimum absolute atomic E-state index is 0.259. The van der Waals surface area contributed by atoms with Gasteiger partial charge < -0.3 is 0 Å². The predicted molar refractivity (Wildman–Crippen MR) is 65.4 cm³/mol. The molecule has 17 heavy (non-hydrogen) atoms. The molecule has 2 rings (SSSR count). The lowest BCUT2D eigenvalue weighted by atomic mass is 10.2. The molecule has 1 aromatic heterocycles. The van der Waals surface area contributed by atoms with Crippen molar-refractivity contribution in [3.05, 3.63) is 40.8 Å². The van der Waals surface area contributed by atoms with E-state index < -0.39 is 0 Å². The summed E-state index contributed by atoms with van der Waals surface area (Å²) >= 11 is 0. The molecule has 0 bridgehead atoms. The van der Waals surface area contributed by atoms with E-state index in [0.29, 0.717) is 5.82 Å². The Morgan fingerprint density at radius 1 is 1.18 bits per heavy atom. The highest BCUT2D eigenvalue weighted by molar-refractivity contribution is 5.55. The highest BCUT2D eigenvalue weighted by atomic mass is 16.1. The van der Waals surface area contributed by atoms with Crippen LogP contribution in [0, 0.1) is 0 Å². The van der Waals surface area contributed by atoms with Gasteiger partial charge in [-0.2, -0.15) is 9.97 Å². The van der Waals surface area contributed by atoms with E-state index in [0.717, 1.165) is 5.56 Å². The first kappa shape index (κ1) is 11.3. The Labute approximate surface area is 98.3 Å².